The fourth-order valence-electron chi connectivity index (χ4n) is 2.69. The molecule has 0 aromatic carbocycles. The molecular weight excluding hydrogens is 241 g/mol. The van der Waals surface area contributed by atoms with Crippen molar-refractivity contribution >= 4 is 0 Å². The minimum atomic E-state index is -4.02. The Morgan fingerprint density at radius 3 is 2.61 bits per heavy atom. The summed E-state index contributed by atoms with van der Waals surface area (Å²) in [4.78, 5) is 2.30. The minimum absolute atomic E-state index is 0.226. The smallest absolute Gasteiger partial charge is 0.327 e. The molecule has 1 aliphatic rings. The van der Waals surface area contributed by atoms with Crippen LogP contribution < -0.4 is 5.73 Å². The largest absolute Gasteiger partial charge is 0.389 e. The molecule has 3 unspecified atom stereocenters. The van der Waals surface area contributed by atoms with Crippen LogP contribution in [0.25, 0.3) is 0 Å². The molecule has 2 N–H and O–H groups in total. The Bertz CT molecular complexity index is 243. The second-order valence-electron chi connectivity index (χ2n) is 5.47. The number of hydrogen-bond donors (Lipinski definition) is 1. The van der Waals surface area contributed by atoms with Crippen molar-refractivity contribution in [2.24, 2.45) is 11.7 Å². The summed E-state index contributed by atoms with van der Waals surface area (Å²) in [5, 5.41) is 0. The third-order valence-corrected chi connectivity index (χ3v) is 4.05. The summed E-state index contributed by atoms with van der Waals surface area (Å²) in [6.45, 7) is 6.01. The summed E-state index contributed by atoms with van der Waals surface area (Å²) in [6.07, 6.45) is -1.83. The molecule has 1 aliphatic heterocycles. The Balaban J connectivity index is 2.31. The molecule has 3 atom stereocenters. The highest BCUT2D eigenvalue weighted by Crippen LogP contribution is 2.25. The molecule has 5 heteroatoms. The Kier molecular flexibility index (Phi) is 5.92. The summed E-state index contributed by atoms with van der Waals surface area (Å²) >= 11 is 0. The highest BCUT2D eigenvalue weighted by molar-refractivity contribution is 4.84. The van der Waals surface area contributed by atoms with Gasteiger partial charge in [0.1, 0.15) is 0 Å². The molecule has 0 bridgehead atoms. The fourth-order valence-corrected chi connectivity index (χ4v) is 2.69. The molecule has 1 rings (SSSR count). The number of piperidine rings is 1. The highest BCUT2D eigenvalue weighted by Gasteiger charge is 2.29. The first kappa shape index (κ1) is 15.8. The predicted octanol–water partition coefficient (Wildman–Crippen LogP) is 3.17. The minimum Gasteiger partial charge on any atom is -0.327 e. The van der Waals surface area contributed by atoms with E-state index in [1.54, 1.807) is 0 Å². The molecule has 108 valence electrons. The molecule has 0 aromatic rings. The van der Waals surface area contributed by atoms with E-state index in [1.807, 2.05) is 6.92 Å². The zero-order chi connectivity index (χ0) is 13.8. The molecule has 2 nitrogen and oxygen atoms in total. The van der Waals surface area contributed by atoms with Crippen LogP contribution in [0.15, 0.2) is 0 Å². The predicted molar refractivity (Wildman–Crippen MR) is 67.3 cm³/mol. The van der Waals surface area contributed by atoms with Gasteiger partial charge in [-0.15, -0.1) is 0 Å². The van der Waals surface area contributed by atoms with Crippen molar-refractivity contribution in [1.82, 2.24) is 4.90 Å². The zero-order valence-corrected chi connectivity index (χ0v) is 11.3. The van der Waals surface area contributed by atoms with Gasteiger partial charge in [-0.25, -0.2) is 0 Å². The van der Waals surface area contributed by atoms with Gasteiger partial charge in [0.2, 0.25) is 0 Å². The van der Waals surface area contributed by atoms with Crippen LogP contribution in [0.3, 0.4) is 0 Å². The molecule has 0 saturated carbocycles. The average Bonchev–Trinajstić information content (AvgIpc) is 2.27. The van der Waals surface area contributed by atoms with E-state index in [2.05, 4.69) is 11.8 Å². The summed E-state index contributed by atoms with van der Waals surface area (Å²) in [7, 11) is 0. The number of likely N-dealkylation sites (tertiary alicyclic amines) is 1. The SMILES string of the molecule is CCC1CN(C(C)CCCC(F)(F)F)CCC1N. The van der Waals surface area contributed by atoms with Gasteiger partial charge in [0, 0.05) is 25.0 Å². The Morgan fingerprint density at radius 1 is 1.39 bits per heavy atom. The third kappa shape index (κ3) is 5.14. The van der Waals surface area contributed by atoms with Crippen LogP contribution in [0.4, 0.5) is 13.2 Å². The summed E-state index contributed by atoms with van der Waals surface area (Å²) in [5.41, 5.74) is 6.03. The van der Waals surface area contributed by atoms with Crippen molar-refractivity contribution < 1.29 is 13.2 Å². The van der Waals surface area contributed by atoms with Crippen LogP contribution in [-0.4, -0.2) is 36.2 Å². The molecular formula is C13H25F3N2. The molecule has 0 radical (unpaired) electrons. The third-order valence-electron chi connectivity index (χ3n) is 4.05. The molecule has 1 fully saturated rings. The number of halogens is 3. The highest BCUT2D eigenvalue weighted by atomic mass is 19.4. The van der Waals surface area contributed by atoms with Crippen LogP contribution in [0.1, 0.15) is 46.0 Å². The van der Waals surface area contributed by atoms with Gasteiger partial charge >= 0.3 is 6.18 Å². The van der Waals surface area contributed by atoms with Crippen molar-refractivity contribution in [2.45, 2.75) is 64.2 Å². The van der Waals surface area contributed by atoms with Crippen LogP contribution in [0.2, 0.25) is 0 Å². The molecule has 0 amide bonds. The van der Waals surface area contributed by atoms with E-state index in [1.165, 1.54) is 0 Å². The van der Waals surface area contributed by atoms with Crippen LogP contribution >= 0.6 is 0 Å². The standard InChI is InChI=1S/C13H25F3N2/c1-3-11-9-18(8-6-12(11)17)10(2)5-4-7-13(14,15)16/h10-12H,3-9,17H2,1-2H3. The van der Waals surface area contributed by atoms with E-state index >= 15 is 0 Å². The van der Waals surface area contributed by atoms with Crippen molar-refractivity contribution in [2.75, 3.05) is 13.1 Å². The van der Waals surface area contributed by atoms with Gasteiger partial charge in [-0.3, -0.25) is 0 Å². The molecule has 18 heavy (non-hydrogen) atoms. The lowest BCUT2D eigenvalue weighted by molar-refractivity contribution is -0.136. The van der Waals surface area contributed by atoms with Gasteiger partial charge in [0.05, 0.1) is 0 Å². The summed E-state index contributed by atoms with van der Waals surface area (Å²) in [5.74, 6) is 0.490. The second kappa shape index (κ2) is 6.75. The van der Waals surface area contributed by atoms with Crippen molar-refractivity contribution in [3.8, 4) is 0 Å². The first-order chi connectivity index (χ1) is 8.33. The van der Waals surface area contributed by atoms with Gasteiger partial charge in [-0.2, -0.15) is 13.2 Å². The molecule has 1 saturated heterocycles. The lowest BCUT2D eigenvalue weighted by Crippen LogP contribution is -2.49. The van der Waals surface area contributed by atoms with Crippen LogP contribution in [-0.2, 0) is 0 Å². The van der Waals surface area contributed by atoms with E-state index < -0.39 is 12.6 Å². The van der Waals surface area contributed by atoms with Crippen molar-refractivity contribution in [3.05, 3.63) is 0 Å². The summed E-state index contributed by atoms with van der Waals surface area (Å²) < 4.78 is 36.3. The average molecular weight is 266 g/mol. The van der Waals surface area contributed by atoms with Gasteiger partial charge < -0.3 is 10.6 Å². The van der Waals surface area contributed by atoms with Crippen molar-refractivity contribution in [3.63, 3.8) is 0 Å². The molecule has 0 aliphatic carbocycles. The quantitative estimate of drug-likeness (QED) is 0.828. The van der Waals surface area contributed by atoms with Gasteiger partial charge in [0.15, 0.2) is 0 Å². The van der Waals surface area contributed by atoms with E-state index in [9.17, 15) is 13.2 Å². The van der Waals surface area contributed by atoms with Crippen molar-refractivity contribution in [1.29, 1.82) is 0 Å². The van der Waals surface area contributed by atoms with Gasteiger partial charge in [-0.05, 0) is 38.6 Å². The fraction of sp³-hybridized carbons (Fsp3) is 1.00. The topological polar surface area (TPSA) is 29.3 Å². The van der Waals surface area contributed by atoms with E-state index in [0.717, 1.165) is 25.9 Å². The van der Waals surface area contributed by atoms with E-state index in [4.69, 9.17) is 5.73 Å². The number of rotatable bonds is 5. The first-order valence-electron chi connectivity index (χ1n) is 6.90. The second-order valence-corrected chi connectivity index (χ2v) is 5.47. The number of nitrogens with zero attached hydrogens (tertiary/aromatic N) is 1. The Morgan fingerprint density at radius 2 is 2.06 bits per heavy atom. The monoisotopic (exact) mass is 266 g/mol. The maximum Gasteiger partial charge on any atom is 0.389 e. The van der Waals surface area contributed by atoms with Crippen LogP contribution in [0, 0.1) is 5.92 Å². The Hall–Kier alpha value is -0.290. The lowest BCUT2D eigenvalue weighted by Gasteiger charge is -2.40. The Labute approximate surface area is 108 Å². The number of hydrogen-bond acceptors (Lipinski definition) is 2. The first-order valence-corrected chi connectivity index (χ1v) is 6.90. The van der Waals surface area contributed by atoms with Gasteiger partial charge in [0.25, 0.3) is 0 Å². The normalized spacial score (nSPS) is 28.3. The van der Waals surface area contributed by atoms with Gasteiger partial charge in [-0.1, -0.05) is 13.3 Å². The molecule has 0 spiro atoms. The number of alkyl halides is 3. The lowest BCUT2D eigenvalue weighted by atomic mass is 9.89. The summed E-state index contributed by atoms with van der Waals surface area (Å²) in [6, 6.07) is 0.488. The zero-order valence-electron chi connectivity index (χ0n) is 11.3. The molecule has 0 aromatic heterocycles. The number of nitrogens with two attached hydrogens (primary N) is 1. The van der Waals surface area contributed by atoms with Crippen LogP contribution in [0.5, 0.6) is 0 Å². The van der Waals surface area contributed by atoms with E-state index in [0.29, 0.717) is 12.3 Å². The maximum absolute atomic E-state index is 12.1. The van der Waals surface area contributed by atoms with E-state index in [-0.39, 0.29) is 18.5 Å². The maximum atomic E-state index is 12.1. The molecule has 1 heterocycles.